The van der Waals surface area contributed by atoms with Crippen molar-refractivity contribution >= 4 is 6.03 Å². The molecule has 0 bridgehead atoms. The van der Waals surface area contributed by atoms with Crippen LogP contribution < -0.4 is 10.1 Å². The maximum atomic E-state index is 13.0. The molecule has 0 spiro atoms. The van der Waals surface area contributed by atoms with Gasteiger partial charge in [0.15, 0.2) is 0 Å². The van der Waals surface area contributed by atoms with Gasteiger partial charge in [0, 0.05) is 19.0 Å². The van der Waals surface area contributed by atoms with Crippen molar-refractivity contribution in [1.82, 2.24) is 10.2 Å². The van der Waals surface area contributed by atoms with Gasteiger partial charge >= 0.3 is 6.03 Å². The van der Waals surface area contributed by atoms with Crippen LogP contribution in [0.3, 0.4) is 0 Å². The van der Waals surface area contributed by atoms with E-state index in [2.05, 4.69) is 37.4 Å². The van der Waals surface area contributed by atoms with E-state index in [1.54, 1.807) is 7.11 Å². The topological polar surface area (TPSA) is 61.8 Å². The molecule has 2 amide bonds. The zero-order valence-corrected chi connectivity index (χ0v) is 17.4. The molecule has 5 heteroatoms. The third-order valence-corrected chi connectivity index (χ3v) is 6.26. The van der Waals surface area contributed by atoms with Crippen LogP contribution in [-0.4, -0.2) is 41.8 Å². The number of piperidine rings is 1. The summed E-state index contributed by atoms with van der Waals surface area (Å²) in [6, 6.07) is 14.2. The first-order valence-electron chi connectivity index (χ1n) is 10.4. The summed E-state index contributed by atoms with van der Waals surface area (Å²) in [4.78, 5) is 14.9. The van der Waals surface area contributed by atoms with E-state index in [1.807, 2.05) is 29.2 Å². The summed E-state index contributed by atoms with van der Waals surface area (Å²) in [5, 5.41) is 13.5. The standard InChI is InChI=1S/C24H30N2O3/c1-16-9-17(2)11-18(10-16)12-22(19-5-4-6-21(13-19)29-3)25-23(27)26-8-7-24(28)14-20(24)15-26/h4-6,9-11,13,20,22,28H,7-8,12,14-15H2,1-3H3,(H,25,27)/t20-,22?,24+/m0/s1. The Balaban J connectivity index is 1.54. The molecular formula is C24H30N2O3. The number of ether oxygens (including phenoxy) is 1. The summed E-state index contributed by atoms with van der Waals surface area (Å²) in [6.45, 7) is 5.43. The first kappa shape index (κ1) is 19.8. The van der Waals surface area contributed by atoms with Crippen LogP contribution in [-0.2, 0) is 6.42 Å². The van der Waals surface area contributed by atoms with E-state index in [4.69, 9.17) is 4.74 Å². The first-order chi connectivity index (χ1) is 13.9. The third-order valence-electron chi connectivity index (χ3n) is 6.26. The number of fused-ring (bicyclic) bond motifs is 1. The summed E-state index contributed by atoms with van der Waals surface area (Å²) >= 11 is 0. The van der Waals surface area contributed by atoms with Crippen molar-refractivity contribution < 1.29 is 14.6 Å². The molecule has 1 unspecified atom stereocenters. The minimum absolute atomic E-state index is 0.0591. The molecule has 4 rings (SSSR count). The summed E-state index contributed by atoms with van der Waals surface area (Å²) in [7, 11) is 1.65. The molecule has 2 aromatic rings. The predicted molar refractivity (Wildman–Crippen MR) is 113 cm³/mol. The molecule has 1 aliphatic heterocycles. The quantitative estimate of drug-likeness (QED) is 0.812. The Hall–Kier alpha value is -2.53. The lowest BCUT2D eigenvalue weighted by Gasteiger charge is -2.31. The summed E-state index contributed by atoms with van der Waals surface area (Å²) in [5.41, 5.74) is 4.16. The molecule has 2 aliphatic rings. The SMILES string of the molecule is COc1cccc(C(Cc2cc(C)cc(C)c2)NC(=O)N2CC[C@@]3(O)C[C@H]3C2)c1. The van der Waals surface area contributed by atoms with Crippen molar-refractivity contribution in [3.63, 3.8) is 0 Å². The molecule has 2 N–H and O–H groups in total. The van der Waals surface area contributed by atoms with Gasteiger partial charge in [0.1, 0.15) is 5.75 Å². The summed E-state index contributed by atoms with van der Waals surface area (Å²) < 4.78 is 5.39. The first-order valence-corrected chi connectivity index (χ1v) is 10.4. The van der Waals surface area contributed by atoms with Crippen LogP contribution >= 0.6 is 0 Å². The molecule has 1 aliphatic carbocycles. The van der Waals surface area contributed by atoms with E-state index in [0.717, 1.165) is 17.7 Å². The molecule has 0 aromatic heterocycles. The van der Waals surface area contributed by atoms with Gasteiger partial charge in [-0.1, -0.05) is 41.5 Å². The Labute approximate surface area is 172 Å². The van der Waals surface area contributed by atoms with Crippen LogP contribution in [0.5, 0.6) is 5.75 Å². The van der Waals surface area contributed by atoms with E-state index in [0.29, 0.717) is 25.9 Å². The molecule has 1 saturated heterocycles. The Morgan fingerprint density at radius 2 is 2.03 bits per heavy atom. The second-order valence-electron chi connectivity index (χ2n) is 8.68. The molecular weight excluding hydrogens is 364 g/mol. The van der Waals surface area contributed by atoms with Crippen LogP contribution in [0, 0.1) is 19.8 Å². The molecule has 2 fully saturated rings. The third kappa shape index (κ3) is 4.40. The number of methoxy groups -OCH3 is 1. The number of urea groups is 1. The van der Waals surface area contributed by atoms with Gasteiger partial charge in [-0.3, -0.25) is 0 Å². The number of aliphatic hydroxyl groups is 1. The van der Waals surface area contributed by atoms with E-state index in [9.17, 15) is 9.90 Å². The largest absolute Gasteiger partial charge is 0.497 e. The molecule has 5 nitrogen and oxygen atoms in total. The fraction of sp³-hybridized carbons (Fsp3) is 0.458. The highest BCUT2D eigenvalue weighted by Gasteiger charge is 2.56. The minimum Gasteiger partial charge on any atom is -0.497 e. The monoisotopic (exact) mass is 394 g/mol. The summed E-state index contributed by atoms with van der Waals surface area (Å²) in [6.07, 6.45) is 2.20. The zero-order chi connectivity index (χ0) is 20.6. The molecule has 154 valence electrons. The van der Waals surface area contributed by atoms with Crippen LogP contribution in [0.1, 0.15) is 41.1 Å². The van der Waals surface area contributed by atoms with E-state index in [1.165, 1.54) is 16.7 Å². The average molecular weight is 395 g/mol. The van der Waals surface area contributed by atoms with Crippen molar-refractivity contribution in [3.8, 4) is 5.75 Å². The average Bonchev–Trinajstić information content (AvgIpc) is 3.37. The van der Waals surface area contributed by atoms with Gasteiger partial charge in [0.05, 0.1) is 18.8 Å². The van der Waals surface area contributed by atoms with Gasteiger partial charge in [0.25, 0.3) is 0 Å². The maximum Gasteiger partial charge on any atom is 0.317 e. The van der Waals surface area contributed by atoms with Gasteiger partial charge in [-0.25, -0.2) is 4.79 Å². The van der Waals surface area contributed by atoms with Crippen molar-refractivity contribution in [3.05, 3.63) is 64.7 Å². The molecule has 1 saturated carbocycles. The highest BCUT2D eigenvalue weighted by atomic mass is 16.5. The number of carbonyl (C=O) groups is 1. The fourth-order valence-corrected chi connectivity index (χ4v) is 4.55. The normalized spacial score (nSPS) is 23.9. The Kier molecular flexibility index (Phi) is 5.26. The predicted octanol–water partition coefficient (Wildman–Crippen LogP) is 3.76. The fourth-order valence-electron chi connectivity index (χ4n) is 4.55. The van der Waals surface area contributed by atoms with E-state index in [-0.39, 0.29) is 18.0 Å². The van der Waals surface area contributed by atoms with Gasteiger partial charge in [0.2, 0.25) is 0 Å². The van der Waals surface area contributed by atoms with E-state index >= 15 is 0 Å². The van der Waals surface area contributed by atoms with Crippen LogP contribution in [0.4, 0.5) is 4.79 Å². The molecule has 2 aromatic carbocycles. The summed E-state index contributed by atoms with van der Waals surface area (Å²) in [5.74, 6) is 1.01. The van der Waals surface area contributed by atoms with Gasteiger partial charge in [-0.2, -0.15) is 0 Å². The van der Waals surface area contributed by atoms with Crippen molar-refractivity contribution in [2.75, 3.05) is 20.2 Å². The highest BCUT2D eigenvalue weighted by molar-refractivity contribution is 5.75. The van der Waals surface area contributed by atoms with Crippen molar-refractivity contribution in [2.45, 2.75) is 44.8 Å². The lowest BCUT2D eigenvalue weighted by atomic mass is 9.96. The molecule has 3 atom stereocenters. The molecule has 0 radical (unpaired) electrons. The zero-order valence-electron chi connectivity index (χ0n) is 17.4. The van der Waals surface area contributed by atoms with E-state index < -0.39 is 5.60 Å². The van der Waals surface area contributed by atoms with Crippen molar-refractivity contribution in [2.24, 2.45) is 5.92 Å². The maximum absolute atomic E-state index is 13.0. The molecule has 29 heavy (non-hydrogen) atoms. The second kappa shape index (κ2) is 7.71. The lowest BCUT2D eigenvalue weighted by molar-refractivity contribution is 0.0743. The number of nitrogens with zero attached hydrogens (tertiary/aromatic N) is 1. The van der Waals surface area contributed by atoms with Crippen LogP contribution in [0.25, 0.3) is 0 Å². The number of hydrogen-bond donors (Lipinski definition) is 2. The number of carbonyl (C=O) groups excluding carboxylic acids is 1. The Morgan fingerprint density at radius 3 is 2.72 bits per heavy atom. The molecule has 1 heterocycles. The van der Waals surface area contributed by atoms with Gasteiger partial charge in [-0.05, 0) is 56.4 Å². The van der Waals surface area contributed by atoms with Crippen LogP contribution in [0.2, 0.25) is 0 Å². The van der Waals surface area contributed by atoms with Crippen LogP contribution in [0.15, 0.2) is 42.5 Å². The van der Waals surface area contributed by atoms with Gasteiger partial charge in [-0.15, -0.1) is 0 Å². The number of amides is 2. The van der Waals surface area contributed by atoms with Gasteiger partial charge < -0.3 is 20.1 Å². The second-order valence-corrected chi connectivity index (χ2v) is 8.68. The Bertz CT molecular complexity index is 892. The highest BCUT2D eigenvalue weighted by Crippen LogP contribution is 2.49. The number of hydrogen-bond acceptors (Lipinski definition) is 3. The Morgan fingerprint density at radius 1 is 1.28 bits per heavy atom. The van der Waals surface area contributed by atoms with Crippen molar-refractivity contribution in [1.29, 1.82) is 0 Å². The number of likely N-dealkylation sites (tertiary alicyclic amines) is 1. The minimum atomic E-state index is -0.512. The number of aryl methyl sites for hydroxylation is 2. The number of nitrogens with one attached hydrogen (secondary N) is 1. The smallest absolute Gasteiger partial charge is 0.317 e. The number of benzene rings is 2. The number of rotatable bonds is 5. The lowest BCUT2D eigenvalue weighted by Crippen LogP contribution is -2.47.